The highest BCUT2D eigenvalue weighted by Gasteiger charge is 2.25. The molecule has 0 unspecified atom stereocenters. The van der Waals surface area contributed by atoms with Crippen LogP contribution in [0.25, 0.3) is 0 Å². The Bertz CT molecular complexity index is 764. The summed E-state index contributed by atoms with van der Waals surface area (Å²) >= 11 is 2.46. The van der Waals surface area contributed by atoms with Gasteiger partial charge in [-0.05, 0) is 32.2 Å². The molecule has 136 valence electrons. The predicted molar refractivity (Wildman–Crippen MR) is 96.0 cm³/mol. The number of hydrogen-bond donors (Lipinski definition) is 2. The van der Waals surface area contributed by atoms with Gasteiger partial charge in [0.05, 0.1) is 18.4 Å². The molecule has 0 bridgehead atoms. The van der Waals surface area contributed by atoms with Crippen molar-refractivity contribution in [1.29, 1.82) is 0 Å². The molecule has 10 heteroatoms. The highest BCUT2D eigenvalue weighted by Crippen LogP contribution is 2.26. The first-order valence-electron chi connectivity index (χ1n) is 7.52. The lowest BCUT2D eigenvalue weighted by Crippen LogP contribution is -2.22. The lowest BCUT2D eigenvalue weighted by Gasteiger charge is -2.17. The lowest BCUT2D eigenvalue weighted by molar-refractivity contribution is -0.113. The third kappa shape index (κ3) is 4.59. The van der Waals surface area contributed by atoms with Gasteiger partial charge in [-0.2, -0.15) is 0 Å². The van der Waals surface area contributed by atoms with Crippen molar-refractivity contribution in [2.45, 2.75) is 38.1 Å². The van der Waals surface area contributed by atoms with E-state index in [0.29, 0.717) is 28.1 Å². The number of ether oxygens (including phenoxy) is 1. The molecular weight excluding hydrogens is 364 g/mol. The van der Waals surface area contributed by atoms with Crippen molar-refractivity contribution in [2.75, 3.05) is 18.2 Å². The standard InChI is InChI=1S/C15H20N4O4S2/c1-5-19-13(15(2,3)22)17-18-14(19)25-8-10(20)16-11-9(6-7-24-11)12(21)23-4/h6-7,22H,5,8H2,1-4H3,(H,16,20). The summed E-state index contributed by atoms with van der Waals surface area (Å²) in [7, 11) is 1.29. The molecule has 2 aromatic heterocycles. The van der Waals surface area contributed by atoms with Crippen molar-refractivity contribution in [2.24, 2.45) is 0 Å². The zero-order chi connectivity index (χ0) is 18.6. The van der Waals surface area contributed by atoms with E-state index in [9.17, 15) is 14.7 Å². The van der Waals surface area contributed by atoms with E-state index in [4.69, 9.17) is 0 Å². The number of esters is 1. The third-order valence-electron chi connectivity index (χ3n) is 3.24. The Morgan fingerprint density at radius 3 is 2.76 bits per heavy atom. The number of hydrogen-bond acceptors (Lipinski definition) is 8. The number of rotatable bonds is 7. The van der Waals surface area contributed by atoms with E-state index in [1.807, 2.05) is 6.92 Å². The van der Waals surface area contributed by atoms with Gasteiger partial charge >= 0.3 is 5.97 Å². The van der Waals surface area contributed by atoms with Gasteiger partial charge in [-0.15, -0.1) is 21.5 Å². The van der Waals surface area contributed by atoms with Gasteiger partial charge in [0.15, 0.2) is 11.0 Å². The van der Waals surface area contributed by atoms with Gasteiger partial charge in [-0.1, -0.05) is 11.8 Å². The zero-order valence-electron chi connectivity index (χ0n) is 14.4. The highest BCUT2D eigenvalue weighted by atomic mass is 32.2. The van der Waals surface area contributed by atoms with E-state index in [2.05, 4.69) is 20.3 Å². The van der Waals surface area contributed by atoms with E-state index >= 15 is 0 Å². The average molecular weight is 384 g/mol. The molecule has 0 saturated carbocycles. The first kappa shape index (κ1) is 19.4. The molecular formula is C15H20N4O4S2. The van der Waals surface area contributed by atoms with Crippen LogP contribution in [0.5, 0.6) is 0 Å². The molecule has 25 heavy (non-hydrogen) atoms. The molecule has 0 fully saturated rings. The molecule has 0 spiro atoms. The van der Waals surface area contributed by atoms with Crippen molar-refractivity contribution in [1.82, 2.24) is 14.8 Å². The molecule has 0 aromatic carbocycles. The first-order chi connectivity index (χ1) is 11.8. The monoisotopic (exact) mass is 384 g/mol. The maximum absolute atomic E-state index is 12.2. The minimum absolute atomic E-state index is 0.0997. The van der Waals surface area contributed by atoms with Gasteiger partial charge in [0, 0.05) is 6.54 Å². The van der Waals surface area contributed by atoms with Crippen LogP contribution in [0.1, 0.15) is 37.0 Å². The molecule has 0 atom stereocenters. The van der Waals surface area contributed by atoms with Crippen molar-refractivity contribution < 1.29 is 19.4 Å². The molecule has 2 heterocycles. The van der Waals surface area contributed by atoms with Crippen LogP contribution in [-0.2, 0) is 21.7 Å². The number of aliphatic hydroxyl groups is 1. The molecule has 0 aliphatic heterocycles. The second-order valence-corrected chi connectivity index (χ2v) is 7.46. The van der Waals surface area contributed by atoms with Gasteiger partial charge in [0.1, 0.15) is 10.6 Å². The minimum atomic E-state index is -1.11. The predicted octanol–water partition coefficient (Wildman–Crippen LogP) is 2.10. The molecule has 0 aliphatic rings. The maximum Gasteiger partial charge on any atom is 0.340 e. The van der Waals surface area contributed by atoms with E-state index in [1.165, 1.54) is 30.2 Å². The van der Waals surface area contributed by atoms with Gasteiger partial charge in [-0.3, -0.25) is 4.79 Å². The molecule has 8 nitrogen and oxygen atoms in total. The van der Waals surface area contributed by atoms with Crippen LogP contribution in [0.4, 0.5) is 5.00 Å². The van der Waals surface area contributed by atoms with Crippen LogP contribution in [0.3, 0.4) is 0 Å². The zero-order valence-corrected chi connectivity index (χ0v) is 16.0. The number of carbonyl (C=O) groups is 2. The van der Waals surface area contributed by atoms with Gasteiger partial charge in [0.2, 0.25) is 5.91 Å². The van der Waals surface area contributed by atoms with Crippen LogP contribution in [0.2, 0.25) is 0 Å². The fraction of sp³-hybridized carbons (Fsp3) is 0.467. The van der Waals surface area contributed by atoms with Crippen molar-refractivity contribution >= 4 is 40.0 Å². The quantitative estimate of drug-likeness (QED) is 0.556. The Morgan fingerprint density at radius 1 is 1.44 bits per heavy atom. The van der Waals surface area contributed by atoms with Crippen molar-refractivity contribution in [3.05, 3.63) is 22.8 Å². The number of nitrogens with zero attached hydrogens (tertiary/aromatic N) is 3. The molecule has 0 radical (unpaired) electrons. The summed E-state index contributed by atoms with van der Waals surface area (Å²) in [5.74, 6) is -0.218. The van der Waals surface area contributed by atoms with Gasteiger partial charge in [0.25, 0.3) is 0 Å². The number of aromatic nitrogens is 3. The molecule has 2 rings (SSSR count). The first-order valence-corrected chi connectivity index (χ1v) is 9.39. The Balaban J connectivity index is 2.03. The normalized spacial score (nSPS) is 11.4. The van der Waals surface area contributed by atoms with Crippen molar-refractivity contribution in [3.63, 3.8) is 0 Å². The van der Waals surface area contributed by atoms with Gasteiger partial charge in [-0.25, -0.2) is 4.79 Å². The molecule has 2 N–H and O–H groups in total. The smallest absolute Gasteiger partial charge is 0.340 e. The lowest BCUT2D eigenvalue weighted by atomic mass is 10.1. The largest absolute Gasteiger partial charge is 0.465 e. The summed E-state index contributed by atoms with van der Waals surface area (Å²) in [5.41, 5.74) is -0.789. The number of amides is 1. The SMILES string of the molecule is CCn1c(SCC(=O)Nc2sccc2C(=O)OC)nnc1C(C)(C)O. The van der Waals surface area contributed by atoms with Crippen LogP contribution in [0.15, 0.2) is 16.6 Å². The van der Waals surface area contributed by atoms with Crippen molar-refractivity contribution in [3.8, 4) is 0 Å². The molecule has 1 amide bonds. The summed E-state index contributed by atoms with van der Waals surface area (Å²) in [6.45, 7) is 5.76. The summed E-state index contributed by atoms with van der Waals surface area (Å²) in [6, 6.07) is 1.60. The number of methoxy groups -OCH3 is 1. The van der Waals surface area contributed by atoms with Crippen LogP contribution >= 0.6 is 23.1 Å². The summed E-state index contributed by atoms with van der Waals surface area (Å²) < 4.78 is 6.44. The Morgan fingerprint density at radius 2 is 2.16 bits per heavy atom. The van der Waals surface area contributed by atoms with E-state index < -0.39 is 11.6 Å². The Hall–Kier alpha value is -1.91. The Kier molecular flexibility index (Phi) is 6.20. The second-order valence-electron chi connectivity index (χ2n) is 5.60. The van der Waals surface area contributed by atoms with E-state index in [-0.39, 0.29) is 11.7 Å². The number of thioether (sulfide) groups is 1. The average Bonchev–Trinajstić information content (AvgIpc) is 3.17. The topological polar surface area (TPSA) is 106 Å². The fourth-order valence-electron chi connectivity index (χ4n) is 2.10. The van der Waals surface area contributed by atoms with Crippen LogP contribution < -0.4 is 5.32 Å². The maximum atomic E-state index is 12.2. The highest BCUT2D eigenvalue weighted by molar-refractivity contribution is 7.99. The number of thiophene rings is 1. The van der Waals surface area contributed by atoms with Crippen LogP contribution in [0, 0.1) is 0 Å². The third-order valence-corrected chi connectivity index (χ3v) is 5.03. The molecule has 2 aromatic rings. The number of carbonyl (C=O) groups excluding carboxylic acids is 2. The van der Waals surface area contributed by atoms with E-state index in [0.717, 1.165) is 0 Å². The number of anilines is 1. The minimum Gasteiger partial charge on any atom is -0.465 e. The van der Waals surface area contributed by atoms with Gasteiger partial charge < -0.3 is 19.7 Å². The fourth-order valence-corrected chi connectivity index (χ4v) is 3.70. The summed E-state index contributed by atoms with van der Waals surface area (Å²) in [5, 5.41) is 23.6. The molecule has 0 saturated heterocycles. The van der Waals surface area contributed by atoms with E-state index in [1.54, 1.807) is 29.9 Å². The van der Waals surface area contributed by atoms with Crippen LogP contribution in [-0.4, -0.2) is 44.6 Å². The summed E-state index contributed by atoms with van der Waals surface area (Å²) in [6.07, 6.45) is 0. The Labute approximate surface area is 153 Å². The molecule has 0 aliphatic carbocycles. The second kappa shape index (κ2) is 7.98. The summed E-state index contributed by atoms with van der Waals surface area (Å²) in [4.78, 5) is 23.8. The number of nitrogens with one attached hydrogen (secondary N) is 1.